The van der Waals surface area contributed by atoms with Crippen molar-refractivity contribution in [2.75, 3.05) is 6.61 Å². The number of aromatic hydroxyl groups is 1. The number of benzene rings is 2. The maximum absolute atomic E-state index is 10.9. The van der Waals surface area contributed by atoms with Crippen LogP contribution in [0.3, 0.4) is 0 Å². The molecular weight excluding hydrogens is 274 g/mol. The van der Waals surface area contributed by atoms with Crippen molar-refractivity contribution in [1.82, 2.24) is 0 Å². The lowest BCUT2D eigenvalue weighted by Crippen LogP contribution is -1.99. The predicted octanol–water partition coefficient (Wildman–Crippen LogP) is 3.88. The quantitative estimate of drug-likeness (QED) is 0.644. The van der Waals surface area contributed by atoms with Gasteiger partial charge in [-0.05, 0) is 36.8 Å². The molecule has 21 heavy (non-hydrogen) atoms. The van der Waals surface area contributed by atoms with E-state index in [1.165, 1.54) is 30.3 Å². The molecular formula is C15H15NO5. The second kappa shape index (κ2) is 6.60. The van der Waals surface area contributed by atoms with Gasteiger partial charge in [0.2, 0.25) is 5.75 Å². The summed E-state index contributed by atoms with van der Waals surface area (Å²) in [7, 11) is 0. The summed E-state index contributed by atoms with van der Waals surface area (Å²) in [5.41, 5.74) is -0.0958. The summed E-state index contributed by atoms with van der Waals surface area (Å²) in [4.78, 5) is 10.5. The minimum atomic E-state index is -0.491. The molecule has 1 N–H and O–H groups in total. The number of rotatable bonds is 6. The topological polar surface area (TPSA) is 81.8 Å². The molecule has 0 amide bonds. The molecule has 6 heteroatoms. The highest BCUT2D eigenvalue weighted by Gasteiger charge is 2.16. The van der Waals surface area contributed by atoms with Crippen molar-refractivity contribution in [3.8, 4) is 23.0 Å². The van der Waals surface area contributed by atoms with Crippen LogP contribution in [0.1, 0.15) is 13.3 Å². The maximum atomic E-state index is 10.9. The zero-order valence-electron chi connectivity index (χ0n) is 11.5. The van der Waals surface area contributed by atoms with Crippen molar-refractivity contribution in [3.63, 3.8) is 0 Å². The number of nitrogens with zero attached hydrogens (tertiary/aromatic N) is 1. The highest BCUT2D eigenvalue weighted by atomic mass is 16.6. The molecule has 2 rings (SSSR count). The number of ether oxygens (including phenoxy) is 2. The SMILES string of the molecule is CCCOc1cc(Oc2ccc(O)cc2)ccc1[N+](=O)[O-]. The minimum Gasteiger partial charge on any atom is -0.508 e. The summed E-state index contributed by atoms with van der Waals surface area (Å²) in [5, 5.41) is 20.2. The fourth-order valence-corrected chi connectivity index (χ4v) is 1.69. The zero-order chi connectivity index (χ0) is 15.2. The molecule has 0 aliphatic heterocycles. The molecule has 110 valence electrons. The molecule has 0 saturated heterocycles. The molecule has 0 heterocycles. The normalized spacial score (nSPS) is 10.1. The average Bonchev–Trinajstić information content (AvgIpc) is 2.47. The van der Waals surface area contributed by atoms with Crippen LogP contribution in [-0.2, 0) is 0 Å². The van der Waals surface area contributed by atoms with Gasteiger partial charge >= 0.3 is 5.69 Å². The lowest BCUT2D eigenvalue weighted by atomic mass is 10.2. The molecule has 0 atom stereocenters. The molecule has 0 fully saturated rings. The Morgan fingerprint density at radius 3 is 2.43 bits per heavy atom. The molecule has 0 aliphatic carbocycles. The summed E-state index contributed by atoms with van der Waals surface area (Å²) in [6, 6.07) is 10.5. The van der Waals surface area contributed by atoms with Crippen LogP contribution in [0.5, 0.6) is 23.0 Å². The molecule has 2 aromatic rings. The summed E-state index contributed by atoms with van der Waals surface area (Å²) in [6.07, 6.45) is 0.750. The van der Waals surface area contributed by atoms with Gasteiger partial charge in [0.25, 0.3) is 0 Å². The molecule has 0 bridgehead atoms. The number of nitro groups is 1. The minimum absolute atomic E-state index is 0.0958. The Morgan fingerprint density at radius 1 is 1.14 bits per heavy atom. The predicted molar refractivity (Wildman–Crippen MR) is 77.1 cm³/mol. The van der Waals surface area contributed by atoms with Crippen LogP contribution in [0.25, 0.3) is 0 Å². The summed E-state index contributed by atoms with van der Waals surface area (Å²) in [6.45, 7) is 2.31. The third kappa shape index (κ3) is 3.85. The fraction of sp³-hybridized carbons (Fsp3) is 0.200. The molecule has 0 spiro atoms. The van der Waals surface area contributed by atoms with E-state index in [-0.39, 0.29) is 17.2 Å². The first-order chi connectivity index (χ1) is 10.1. The van der Waals surface area contributed by atoms with E-state index < -0.39 is 4.92 Å². The molecule has 2 aromatic carbocycles. The van der Waals surface area contributed by atoms with E-state index in [1.54, 1.807) is 12.1 Å². The first-order valence-electron chi connectivity index (χ1n) is 6.48. The lowest BCUT2D eigenvalue weighted by molar-refractivity contribution is -0.385. The number of hydrogen-bond acceptors (Lipinski definition) is 5. The van der Waals surface area contributed by atoms with Gasteiger partial charge in [-0.15, -0.1) is 0 Å². The summed E-state index contributed by atoms with van der Waals surface area (Å²) >= 11 is 0. The van der Waals surface area contributed by atoms with Crippen LogP contribution >= 0.6 is 0 Å². The Hall–Kier alpha value is -2.76. The molecule has 0 radical (unpaired) electrons. The van der Waals surface area contributed by atoms with Gasteiger partial charge < -0.3 is 14.6 Å². The summed E-state index contributed by atoms with van der Waals surface area (Å²) < 4.78 is 11.0. The monoisotopic (exact) mass is 289 g/mol. The number of phenols is 1. The van der Waals surface area contributed by atoms with E-state index >= 15 is 0 Å². The maximum Gasteiger partial charge on any atom is 0.311 e. The Morgan fingerprint density at radius 2 is 1.81 bits per heavy atom. The van der Waals surface area contributed by atoms with Gasteiger partial charge in [0, 0.05) is 12.1 Å². The van der Waals surface area contributed by atoms with E-state index in [1.807, 2.05) is 6.92 Å². The van der Waals surface area contributed by atoms with Gasteiger partial charge in [-0.1, -0.05) is 6.92 Å². The third-order valence-electron chi connectivity index (χ3n) is 2.66. The van der Waals surface area contributed by atoms with E-state index in [9.17, 15) is 15.2 Å². The van der Waals surface area contributed by atoms with E-state index in [0.717, 1.165) is 6.42 Å². The number of nitro benzene ring substituents is 1. The first kappa shape index (κ1) is 14.6. The second-order valence-corrected chi connectivity index (χ2v) is 4.33. The van der Waals surface area contributed by atoms with Crippen molar-refractivity contribution in [1.29, 1.82) is 0 Å². The number of hydrogen-bond donors (Lipinski definition) is 1. The van der Waals surface area contributed by atoms with Crippen molar-refractivity contribution < 1.29 is 19.5 Å². The average molecular weight is 289 g/mol. The van der Waals surface area contributed by atoms with Crippen molar-refractivity contribution in [2.24, 2.45) is 0 Å². The van der Waals surface area contributed by atoms with Gasteiger partial charge in [-0.2, -0.15) is 0 Å². The van der Waals surface area contributed by atoms with Crippen LogP contribution in [0.15, 0.2) is 42.5 Å². The van der Waals surface area contributed by atoms with Crippen LogP contribution < -0.4 is 9.47 Å². The Labute approximate surface area is 121 Å². The summed E-state index contributed by atoms with van der Waals surface area (Å²) in [5.74, 6) is 1.26. The van der Waals surface area contributed by atoms with Gasteiger partial charge in [-0.25, -0.2) is 0 Å². The van der Waals surface area contributed by atoms with E-state index in [2.05, 4.69) is 0 Å². The standard InChI is InChI=1S/C15H15NO5/c1-2-9-20-15-10-13(7-8-14(15)16(18)19)21-12-5-3-11(17)4-6-12/h3-8,10,17H,2,9H2,1H3. The second-order valence-electron chi connectivity index (χ2n) is 4.33. The molecule has 0 aliphatic rings. The van der Waals surface area contributed by atoms with E-state index in [4.69, 9.17) is 9.47 Å². The van der Waals surface area contributed by atoms with Crippen LogP contribution in [-0.4, -0.2) is 16.6 Å². The fourth-order valence-electron chi connectivity index (χ4n) is 1.69. The molecule has 0 saturated carbocycles. The highest BCUT2D eigenvalue weighted by Crippen LogP contribution is 2.33. The van der Waals surface area contributed by atoms with Crippen LogP contribution in [0.4, 0.5) is 5.69 Å². The Balaban J connectivity index is 2.23. The zero-order valence-corrected chi connectivity index (χ0v) is 11.5. The number of phenolic OH excluding ortho intramolecular Hbond substituents is 1. The third-order valence-corrected chi connectivity index (χ3v) is 2.66. The molecule has 0 aromatic heterocycles. The van der Waals surface area contributed by atoms with Crippen molar-refractivity contribution >= 4 is 5.69 Å². The molecule has 0 unspecified atom stereocenters. The first-order valence-corrected chi connectivity index (χ1v) is 6.48. The largest absolute Gasteiger partial charge is 0.508 e. The van der Waals surface area contributed by atoms with Crippen molar-refractivity contribution in [3.05, 3.63) is 52.6 Å². The molecule has 6 nitrogen and oxygen atoms in total. The Bertz CT molecular complexity index is 624. The lowest BCUT2D eigenvalue weighted by Gasteiger charge is -2.09. The van der Waals surface area contributed by atoms with E-state index in [0.29, 0.717) is 18.1 Å². The van der Waals surface area contributed by atoms with Gasteiger partial charge in [0.15, 0.2) is 0 Å². The van der Waals surface area contributed by atoms with Crippen LogP contribution in [0.2, 0.25) is 0 Å². The van der Waals surface area contributed by atoms with Crippen molar-refractivity contribution in [2.45, 2.75) is 13.3 Å². The van der Waals surface area contributed by atoms with Crippen LogP contribution in [0, 0.1) is 10.1 Å². The van der Waals surface area contributed by atoms with Gasteiger partial charge in [0.05, 0.1) is 11.5 Å². The smallest absolute Gasteiger partial charge is 0.311 e. The Kier molecular flexibility index (Phi) is 4.61. The van der Waals surface area contributed by atoms with Gasteiger partial charge in [-0.3, -0.25) is 10.1 Å². The highest BCUT2D eigenvalue weighted by molar-refractivity contribution is 5.51. The van der Waals surface area contributed by atoms with Gasteiger partial charge in [0.1, 0.15) is 17.2 Å².